The van der Waals surface area contributed by atoms with Crippen LogP contribution in [0.15, 0.2) is 36.4 Å². The van der Waals surface area contributed by atoms with E-state index in [9.17, 15) is 0 Å². The molecule has 0 aliphatic rings. The minimum atomic E-state index is 0.651. The van der Waals surface area contributed by atoms with E-state index in [4.69, 9.17) is 18.9 Å². The van der Waals surface area contributed by atoms with Crippen LogP contribution in [-0.2, 0) is 9.47 Å². The van der Waals surface area contributed by atoms with E-state index < -0.39 is 0 Å². The van der Waals surface area contributed by atoms with Crippen LogP contribution in [0.3, 0.4) is 0 Å². The zero-order valence-corrected chi connectivity index (χ0v) is 17.0. The summed E-state index contributed by atoms with van der Waals surface area (Å²) in [4.78, 5) is 0. The molecule has 2 rings (SSSR count). The van der Waals surface area contributed by atoms with Gasteiger partial charge in [-0.25, -0.2) is 0 Å². The number of rotatable bonds is 12. The van der Waals surface area contributed by atoms with E-state index >= 15 is 0 Å². The van der Waals surface area contributed by atoms with Crippen molar-refractivity contribution in [3.63, 3.8) is 0 Å². The molecule has 0 aliphatic heterocycles. The molecule has 0 aromatic heterocycles. The Morgan fingerprint density at radius 2 is 1.22 bits per heavy atom. The van der Waals surface area contributed by atoms with Crippen LogP contribution in [0.25, 0.3) is 11.1 Å². The normalized spacial score (nSPS) is 10.8. The van der Waals surface area contributed by atoms with Gasteiger partial charge in [-0.2, -0.15) is 0 Å². The monoisotopic (exact) mass is 372 g/mol. The van der Waals surface area contributed by atoms with Gasteiger partial charge in [0.25, 0.3) is 0 Å². The van der Waals surface area contributed by atoms with Crippen molar-refractivity contribution >= 4 is 0 Å². The fraction of sp³-hybridized carbons (Fsp3) is 0.478. The zero-order chi connectivity index (χ0) is 19.5. The summed E-state index contributed by atoms with van der Waals surface area (Å²) >= 11 is 0. The first-order chi connectivity index (χ1) is 13.2. The summed E-state index contributed by atoms with van der Waals surface area (Å²) in [7, 11) is 1.71. The van der Waals surface area contributed by atoms with E-state index in [-0.39, 0.29) is 0 Å². The molecule has 0 atom stereocenters. The molecule has 0 radical (unpaired) electrons. The molecule has 4 nitrogen and oxygen atoms in total. The average Bonchev–Trinajstić information content (AvgIpc) is 2.67. The molecule has 0 unspecified atom stereocenters. The third kappa shape index (κ3) is 6.89. The number of ether oxygens (including phenoxy) is 4. The quantitative estimate of drug-likeness (QED) is 0.480. The van der Waals surface area contributed by atoms with E-state index in [0.29, 0.717) is 19.8 Å². The van der Waals surface area contributed by atoms with Gasteiger partial charge < -0.3 is 18.9 Å². The van der Waals surface area contributed by atoms with Gasteiger partial charge in [0.1, 0.15) is 11.5 Å². The molecule has 0 N–H and O–H groups in total. The highest BCUT2D eigenvalue weighted by atomic mass is 16.5. The lowest BCUT2D eigenvalue weighted by Crippen LogP contribution is -2.03. The lowest BCUT2D eigenvalue weighted by Gasteiger charge is -2.14. The fourth-order valence-electron chi connectivity index (χ4n) is 2.85. The molecule has 0 spiro atoms. The molecule has 0 saturated carbocycles. The number of hydrogen-bond acceptors (Lipinski definition) is 4. The van der Waals surface area contributed by atoms with E-state index in [1.165, 1.54) is 22.3 Å². The summed E-state index contributed by atoms with van der Waals surface area (Å²) in [6.45, 7) is 9.75. The predicted octanol–water partition coefficient (Wildman–Crippen LogP) is 5.19. The van der Waals surface area contributed by atoms with Crippen molar-refractivity contribution in [2.75, 3.05) is 40.1 Å². The second-order valence-corrected chi connectivity index (χ2v) is 6.55. The van der Waals surface area contributed by atoms with Crippen LogP contribution in [0.2, 0.25) is 0 Å². The highest BCUT2D eigenvalue weighted by molar-refractivity contribution is 5.73. The van der Waals surface area contributed by atoms with Gasteiger partial charge in [0, 0.05) is 39.8 Å². The molecule has 27 heavy (non-hydrogen) atoms. The van der Waals surface area contributed by atoms with Crippen LogP contribution < -0.4 is 9.47 Å². The summed E-state index contributed by atoms with van der Waals surface area (Å²) in [6.07, 6.45) is 1.77. The van der Waals surface area contributed by atoms with Crippen LogP contribution in [0, 0.1) is 13.8 Å². The van der Waals surface area contributed by atoms with Crippen LogP contribution in [-0.4, -0.2) is 40.1 Å². The fourth-order valence-corrected chi connectivity index (χ4v) is 2.85. The molecule has 0 saturated heterocycles. The van der Waals surface area contributed by atoms with Crippen molar-refractivity contribution in [3.8, 4) is 22.6 Å². The van der Waals surface area contributed by atoms with E-state index in [2.05, 4.69) is 38.1 Å². The summed E-state index contributed by atoms with van der Waals surface area (Å²) in [5.41, 5.74) is 4.79. The van der Waals surface area contributed by atoms with Crippen molar-refractivity contribution < 1.29 is 18.9 Å². The average molecular weight is 373 g/mol. The molecule has 2 aromatic rings. The van der Waals surface area contributed by atoms with Gasteiger partial charge >= 0.3 is 0 Å². The molecule has 0 amide bonds. The molecule has 0 aliphatic carbocycles. The maximum atomic E-state index is 5.91. The Labute approximate surface area is 163 Å². The lowest BCUT2D eigenvalue weighted by molar-refractivity contribution is 0.131. The van der Waals surface area contributed by atoms with Gasteiger partial charge in [0.15, 0.2) is 0 Å². The standard InChI is InChI=1S/C23H32O4/c1-5-25-13-7-15-27-21-11-9-19(3)23(17-21)22-16-20(10-8-18(22)2)26-14-6-12-24-4/h8-11,16-17H,5-7,12-15H2,1-4H3. The van der Waals surface area contributed by atoms with Crippen molar-refractivity contribution in [1.29, 1.82) is 0 Å². The second-order valence-electron chi connectivity index (χ2n) is 6.55. The molecule has 148 valence electrons. The first-order valence-corrected chi connectivity index (χ1v) is 9.69. The molecule has 0 fully saturated rings. The van der Waals surface area contributed by atoms with Crippen molar-refractivity contribution in [3.05, 3.63) is 47.5 Å². The maximum Gasteiger partial charge on any atom is 0.119 e. The minimum Gasteiger partial charge on any atom is -0.493 e. The molecule has 2 aromatic carbocycles. The Hall–Kier alpha value is -2.04. The lowest BCUT2D eigenvalue weighted by atomic mass is 9.96. The Balaban J connectivity index is 2.10. The zero-order valence-electron chi connectivity index (χ0n) is 17.0. The van der Waals surface area contributed by atoms with Crippen molar-refractivity contribution in [1.82, 2.24) is 0 Å². The maximum absolute atomic E-state index is 5.91. The summed E-state index contributed by atoms with van der Waals surface area (Å²) in [5.74, 6) is 1.77. The number of hydrogen-bond donors (Lipinski definition) is 0. The van der Waals surface area contributed by atoms with Gasteiger partial charge in [-0.05, 0) is 67.3 Å². The Morgan fingerprint density at radius 3 is 1.70 bits per heavy atom. The number of methoxy groups -OCH3 is 1. The third-order valence-corrected chi connectivity index (χ3v) is 4.38. The minimum absolute atomic E-state index is 0.651. The third-order valence-electron chi connectivity index (χ3n) is 4.38. The van der Waals surface area contributed by atoms with Gasteiger partial charge in [-0.1, -0.05) is 12.1 Å². The van der Waals surface area contributed by atoms with Crippen LogP contribution in [0.1, 0.15) is 30.9 Å². The Morgan fingerprint density at radius 1 is 0.704 bits per heavy atom. The van der Waals surface area contributed by atoms with Crippen LogP contribution in [0.4, 0.5) is 0 Å². The van der Waals surface area contributed by atoms with Crippen LogP contribution >= 0.6 is 0 Å². The molecule has 0 bridgehead atoms. The highest BCUT2D eigenvalue weighted by Gasteiger charge is 2.09. The van der Waals surface area contributed by atoms with Gasteiger partial charge in [-0.3, -0.25) is 0 Å². The topological polar surface area (TPSA) is 36.9 Å². The van der Waals surface area contributed by atoms with Crippen molar-refractivity contribution in [2.24, 2.45) is 0 Å². The SMILES string of the molecule is CCOCCCOc1ccc(C)c(-c2cc(OCCCOC)ccc2C)c1. The van der Waals surface area contributed by atoms with Crippen LogP contribution in [0.5, 0.6) is 11.5 Å². The number of benzene rings is 2. The molecule has 4 heteroatoms. The molecule has 0 heterocycles. The molecular formula is C23H32O4. The first kappa shape index (κ1) is 21.3. The second kappa shape index (κ2) is 11.6. The summed E-state index contributed by atoms with van der Waals surface area (Å²) in [5, 5.41) is 0. The van der Waals surface area contributed by atoms with Gasteiger partial charge in [0.05, 0.1) is 13.2 Å². The highest BCUT2D eigenvalue weighted by Crippen LogP contribution is 2.32. The van der Waals surface area contributed by atoms with Gasteiger partial charge in [0.2, 0.25) is 0 Å². The molecular weight excluding hydrogens is 340 g/mol. The van der Waals surface area contributed by atoms with Gasteiger partial charge in [-0.15, -0.1) is 0 Å². The number of aryl methyl sites for hydroxylation is 2. The Kier molecular flexibility index (Phi) is 9.16. The largest absolute Gasteiger partial charge is 0.493 e. The predicted molar refractivity (Wildman–Crippen MR) is 110 cm³/mol. The van der Waals surface area contributed by atoms with Crippen molar-refractivity contribution in [2.45, 2.75) is 33.6 Å². The van der Waals surface area contributed by atoms with E-state index in [0.717, 1.165) is 37.6 Å². The smallest absolute Gasteiger partial charge is 0.119 e. The van der Waals surface area contributed by atoms with E-state index in [1.54, 1.807) is 7.11 Å². The van der Waals surface area contributed by atoms with E-state index in [1.807, 2.05) is 19.1 Å². The summed E-state index contributed by atoms with van der Waals surface area (Å²) < 4.78 is 22.2. The first-order valence-electron chi connectivity index (χ1n) is 9.69. The summed E-state index contributed by atoms with van der Waals surface area (Å²) in [6, 6.07) is 12.5. The Bertz CT molecular complexity index is 697.